The van der Waals surface area contributed by atoms with Gasteiger partial charge in [-0.1, -0.05) is 19.8 Å². The first-order chi connectivity index (χ1) is 9.40. The Morgan fingerprint density at radius 3 is 2.58 bits per heavy atom. The van der Waals surface area contributed by atoms with E-state index in [0.29, 0.717) is 0 Å². The Balaban J connectivity index is 1.46. The minimum absolute atomic E-state index is 0.885. The van der Waals surface area contributed by atoms with Crippen LogP contribution in [0.3, 0.4) is 0 Å². The van der Waals surface area contributed by atoms with E-state index in [-0.39, 0.29) is 0 Å². The van der Waals surface area contributed by atoms with Crippen LogP contribution >= 0.6 is 0 Å². The van der Waals surface area contributed by atoms with Gasteiger partial charge in [0.25, 0.3) is 0 Å². The molecule has 0 aromatic rings. The lowest BCUT2D eigenvalue weighted by atomic mass is 10.2. The second-order valence-corrected chi connectivity index (χ2v) is 6.25. The molecular formula is C16H33N3. The molecule has 19 heavy (non-hydrogen) atoms. The van der Waals surface area contributed by atoms with Gasteiger partial charge < -0.3 is 10.2 Å². The topological polar surface area (TPSA) is 18.5 Å². The van der Waals surface area contributed by atoms with Crippen LogP contribution in [-0.2, 0) is 0 Å². The summed E-state index contributed by atoms with van der Waals surface area (Å²) < 4.78 is 0. The standard InChI is InChI=1S/C16H33N3/c1-2-17-10-5-3-4-6-11-18-14-9-16(15-18)19-12-7-8-13-19/h16-17H,2-15H2,1H3. The number of unbranched alkanes of at least 4 members (excludes halogenated alkanes) is 3. The van der Waals surface area contributed by atoms with Gasteiger partial charge in [0.05, 0.1) is 0 Å². The lowest BCUT2D eigenvalue weighted by molar-refractivity contribution is 0.231. The molecule has 0 saturated carbocycles. The molecule has 2 aliphatic heterocycles. The van der Waals surface area contributed by atoms with Crippen LogP contribution in [0.5, 0.6) is 0 Å². The minimum atomic E-state index is 0.885. The Morgan fingerprint density at radius 2 is 1.79 bits per heavy atom. The summed E-state index contributed by atoms with van der Waals surface area (Å²) in [5.41, 5.74) is 0. The van der Waals surface area contributed by atoms with Crippen LogP contribution in [0.4, 0.5) is 0 Å². The van der Waals surface area contributed by atoms with E-state index in [9.17, 15) is 0 Å². The zero-order chi connectivity index (χ0) is 13.3. The van der Waals surface area contributed by atoms with Crippen LogP contribution in [0.1, 0.15) is 51.9 Å². The Labute approximate surface area is 119 Å². The molecule has 0 amide bonds. The van der Waals surface area contributed by atoms with E-state index in [4.69, 9.17) is 0 Å². The van der Waals surface area contributed by atoms with Crippen LogP contribution in [0.15, 0.2) is 0 Å². The fourth-order valence-electron chi connectivity index (χ4n) is 3.54. The monoisotopic (exact) mass is 267 g/mol. The molecule has 1 N–H and O–H groups in total. The van der Waals surface area contributed by atoms with Gasteiger partial charge in [-0.05, 0) is 71.4 Å². The van der Waals surface area contributed by atoms with E-state index in [1.165, 1.54) is 84.2 Å². The SMILES string of the molecule is CCNCCCCCCN1CCC(N2CCCC2)C1. The van der Waals surface area contributed by atoms with E-state index in [1.807, 2.05) is 0 Å². The number of nitrogens with one attached hydrogen (secondary N) is 1. The summed E-state index contributed by atoms with van der Waals surface area (Å²) in [7, 11) is 0. The van der Waals surface area contributed by atoms with Gasteiger partial charge in [-0.2, -0.15) is 0 Å². The van der Waals surface area contributed by atoms with Gasteiger partial charge in [-0.25, -0.2) is 0 Å². The van der Waals surface area contributed by atoms with E-state index in [0.717, 1.165) is 12.6 Å². The normalized spacial score (nSPS) is 25.4. The number of rotatable bonds is 9. The number of hydrogen-bond acceptors (Lipinski definition) is 3. The van der Waals surface area contributed by atoms with Gasteiger partial charge >= 0.3 is 0 Å². The summed E-state index contributed by atoms with van der Waals surface area (Å²) in [6, 6.07) is 0.885. The maximum absolute atomic E-state index is 3.40. The van der Waals surface area contributed by atoms with Gasteiger partial charge in [0, 0.05) is 12.6 Å². The van der Waals surface area contributed by atoms with Crippen LogP contribution in [0, 0.1) is 0 Å². The smallest absolute Gasteiger partial charge is 0.0235 e. The molecule has 1 atom stereocenters. The van der Waals surface area contributed by atoms with Gasteiger partial charge in [0.1, 0.15) is 0 Å². The van der Waals surface area contributed by atoms with Gasteiger partial charge in [-0.15, -0.1) is 0 Å². The van der Waals surface area contributed by atoms with Crippen molar-refractivity contribution < 1.29 is 0 Å². The summed E-state index contributed by atoms with van der Waals surface area (Å²) in [4.78, 5) is 5.43. The molecule has 2 fully saturated rings. The molecule has 3 heteroatoms. The summed E-state index contributed by atoms with van der Waals surface area (Å²) >= 11 is 0. The molecular weight excluding hydrogens is 234 g/mol. The predicted octanol–water partition coefficient (Wildman–Crippen LogP) is 2.33. The van der Waals surface area contributed by atoms with Crippen LogP contribution in [-0.4, -0.2) is 61.7 Å². The molecule has 1 unspecified atom stereocenters. The molecule has 0 spiro atoms. The maximum atomic E-state index is 3.40. The molecule has 0 bridgehead atoms. The molecule has 112 valence electrons. The Hall–Kier alpha value is -0.120. The molecule has 0 aromatic carbocycles. The summed E-state index contributed by atoms with van der Waals surface area (Å²) in [6.07, 6.45) is 9.85. The third-order valence-electron chi connectivity index (χ3n) is 4.73. The molecule has 0 radical (unpaired) electrons. The van der Waals surface area contributed by atoms with E-state index in [1.54, 1.807) is 0 Å². The van der Waals surface area contributed by atoms with Crippen molar-refractivity contribution in [2.45, 2.75) is 57.9 Å². The Bertz CT molecular complexity index is 226. The molecule has 3 nitrogen and oxygen atoms in total. The second kappa shape index (κ2) is 8.93. The van der Waals surface area contributed by atoms with Gasteiger partial charge in [0.2, 0.25) is 0 Å². The third kappa shape index (κ3) is 5.41. The van der Waals surface area contributed by atoms with Crippen LogP contribution < -0.4 is 5.32 Å². The molecule has 2 aliphatic rings. The van der Waals surface area contributed by atoms with E-state index < -0.39 is 0 Å². The highest BCUT2D eigenvalue weighted by atomic mass is 15.3. The van der Waals surface area contributed by atoms with Crippen LogP contribution in [0.25, 0.3) is 0 Å². The zero-order valence-corrected chi connectivity index (χ0v) is 12.9. The van der Waals surface area contributed by atoms with Gasteiger partial charge in [0.15, 0.2) is 0 Å². The average molecular weight is 267 g/mol. The number of likely N-dealkylation sites (tertiary alicyclic amines) is 2. The first-order valence-electron chi connectivity index (χ1n) is 8.57. The van der Waals surface area contributed by atoms with Gasteiger partial charge in [-0.3, -0.25) is 4.90 Å². The summed E-state index contributed by atoms with van der Waals surface area (Å²) in [5.74, 6) is 0. The van der Waals surface area contributed by atoms with Crippen molar-refractivity contribution in [2.24, 2.45) is 0 Å². The highest BCUT2D eigenvalue weighted by Gasteiger charge is 2.28. The lowest BCUT2D eigenvalue weighted by Gasteiger charge is -2.23. The number of hydrogen-bond donors (Lipinski definition) is 1. The Morgan fingerprint density at radius 1 is 1.00 bits per heavy atom. The van der Waals surface area contributed by atoms with Crippen molar-refractivity contribution in [2.75, 3.05) is 45.8 Å². The second-order valence-electron chi connectivity index (χ2n) is 6.25. The third-order valence-corrected chi connectivity index (χ3v) is 4.73. The van der Waals surface area contributed by atoms with Crippen molar-refractivity contribution in [1.29, 1.82) is 0 Å². The zero-order valence-electron chi connectivity index (χ0n) is 12.9. The molecule has 2 saturated heterocycles. The van der Waals surface area contributed by atoms with Crippen molar-refractivity contribution in [3.63, 3.8) is 0 Å². The fourth-order valence-corrected chi connectivity index (χ4v) is 3.54. The molecule has 2 heterocycles. The average Bonchev–Trinajstić information content (AvgIpc) is 3.08. The lowest BCUT2D eigenvalue weighted by Crippen LogP contribution is -2.35. The van der Waals surface area contributed by atoms with Crippen molar-refractivity contribution in [1.82, 2.24) is 15.1 Å². The van der Waals surface area contributed by atoms with E-state index >= 15 is 0 Å². The molecule has 2 rings (SSSR count). The maximum Gasteiger partial charge on any atom is 0.0235 e. The van der Waals surface area contributed by atoms with Crippen molar-refractivity contribution in [3.8, 4) is 0 Å². The largest absolute Gasteiger partial charge is 0.317 e. The van der Waals surface area contributed by atoms with Crippen molar-refractivity contribution >= 4 is 0 Å². The Kier molecular flexibility index (Phi) is 7.18. The predicted molar refractivity (Wildman–Crippen MR) is 82.7 cm³/mol. The van der Waals surface area contributed by atoms with E-state index in [2.05, 4.69) is 22.0 Å². The first kappa shape index (κ1) is 15.3. The molecule has 0 aliphatic carbocycles. The quantitative estimate of drug-likeness (QED) is 0.647. The fraction of sp³-hybridized carbons (Fsp3) is 1.00. The minimum Gasteiger partial charge on any atom is -0.317 e. The molecule has 0 aromatic heterocycles. The summed E-state index contributed by atoms with van der Waals surface area (Å²) in [6.45, 7) is 11.3. The summed E-state index contributed by atoms with van der Waals surface area (Å²) in [5, 5.41) is 3.40. The van der Waals surface area contributed by atoms with Crippen LogP contribution in [0.2, 0.25) is 0 Å². The highest BCUT2D eigenvalue weighted by Crippen LogP contribution is 2.20. The highest BCUT2D eigenvalue weighted by molar-refractivity contribution is 4.85. The number of nitrogens with zero attached hydrogens (tertiary/aromatic N) is 2. The van der Waals surface area contributed by atoms with Crippen molar-refractivity contribution in [3.05, 3.63) is 0 Å². The first-order valence-corrected chi connectivity index (χ1v) is 8.57.